The SMILES string of the molecule is O=C(CSc1nc2ccccc2c(=O)n1Cc1cccnc1)Nc1ccccc1Br. The van der Waals surface area contributed by atoms with Crippen molar-refractivity contribution < 1.29 is 4.79 Å². The number of hydrogen-bond donors (Lipinski definition) is 1. The molecule has 30 heavy (non-hydrogen) atoms. The lowest BCUT2D eigenvalue weighted by atomic mass is 10.2. The van der Waals surface area contributed by atoms with Gasteiger partial charge in [-0.15, -0.1) is 0 Å². The van der Waals surface area contributed by atoms with Gasteiger partial charge in [0.2, 0.25) is 5.91 Å². The zero-order valence-corrected chi connectivity index (χ0v) is 18.2. The third kappa shape index (κ3) is 4.60. The fourth-order valence-corrected chi connectivity index (χ4v) is 4.13. The number of thioether (sulfide) groups is 1. The maximum atomic E-state index is 13.1. The summed E-state index contributed by atoms with van der Waals surface area (Å²) in [5.74, 6) is -0.0543. The summed E-state index contributed by atoms with van der Waals surface area (Å²) < 4.78 is 2.40. The van der Waals surface area contributed by atoms with Crippen molar-refractivity contribution in [2.45, 2.75) is 11.7 Å². The molecule has 0 spiro atoms. The quantitative estimate of drug-likeness (QED) is 0.328. The monoisotopic (exact) mass is 480 g/mol. The van der Waals surface area contributed by atoms with Gasteiger partial charge in [-0.2, -0.15) is 0 Å². The van der Waals surface area contributed by atoms with Crippen LogP contribution in [0.3, 0.4) is 0 Å². The molecular formula is C22H17BrN4O2S. The van der Waals surface area contributed by atoms with Crippen LogP contribution >= 0.6 is 27.7 Å². The molecule has 0 saturated carbocycles. The van der Waals surface area contributed by atoms with E-state index in [1.165, 1.54) is 11.8 Å². The predicted octanol–water partition coefficient (Wildman–Crippen LogP) is 4.33. The average Bonchev–Trinajstić information content (AvgIpc) is 2.77. The lowest BCUT2D eigenvalue weighted by Gasteiger charge is -2.13. The first-order valence-electron chi connectivity index (χ1n) is 9.17. The highest BCUT2D eigenvalue weighted by Crippen LogP contribution is 2.23. The molecule has 8 heteroatoms. The van der Waals surface area contributed by atoms with E-state index in [4.69, 9.17) is 0 Å². The van der Waals surface area contributed by atoms with Gasteiger partial charge in [-0.25, -0.2) is 4.98 Å². The lowest BCUT2D eigenvalue weighted by molar-refractivity contribution is -0.113. The number of carbonyl (C=O) groups excluding carboxylic acids is 1. The minimum Gasteiger partial charge on any atom is -0.324 e. The van der Waals surface area contributed by atoms with Gasteiger partial charge < -0.3 is 5.32 Å². The van der Waals surface area contributed by atoms with Crippen LogP contribution in [0, 0.1) is 0 Å². The second kappa shape index (κ2) is 9.23. The smallest absolute Gasteiger partial charge is 0.262 e. The number of nitrogens with one attached hydrogen (secondary N) is 1. The number of para-hydroxylation sites is 2. The summed E-state index contributed by atoms with van der Waals surface area (Å²) in [5, 5.41) is 3.90. The Kier molecular flexibility index (Phi) is 6.25. The van der Waals surface area contributed by atoms with Gasteiger partial charge in [-0.05, 0) is 51.8 Å². The number of carbonyl (C=O) groups is 1. The first-order valence-corrected chi connectivity index (χ1v) is 11.0. The van der Waals surface area contributed by atoms with E-state index in [2.05, 4.69) is 31.2 Å². The zero-order valence-electron chi connectivity index (χ0n) is 15.8. The van der Waals surface area contributed by atoms with E-state index in [1.54, 1.807) is 29.1 Å². The number of amides is 1. The molecule has 0 aliphatic heterocycles. The van der Waals surface area contributed by atoms with E-state index in [9.17, 15) is 9.59 Å². The standard InChI is InChI=1S/C22H17BrN4O2S/c23-17-8-2-4-10-19(17)25-20(28)14-30-22-26-18-9-3-1-7-16(18)21(29)27(22)13-15-6-5-11-24-12-15/h1-12H,13-14H2,(H,25,28). The molecule has 2 aromatic heterocycles. The summed E-state index contributed by atoms with van der Waals surface area (Å²) in [4.78, 5) is 34.4. The van der Waals surface area contributed by atoms with Crippen molar-refractivity contribution in [1.29, 1.82) is 0 Å². The normalized spacial score (nSPS) is 10.8. The molecule has 0 saturated heterocycles. The molecule has 0 radical (unpaired) electrons. The Morgan fingerprint density at radius 1 is 1.07 bits per heavy atom. The minimum absolute atomic E-state index is 0.124. The molecule has 4 rings (SSSR count). The molecule has 4 aromatic rings. The van der Waals surface area contributed by atoms with E-state index in [0.29, 0.717) is 28.3 Å². The van der Waals surface area contributed by atoms with Crippen LogP contribution in [0.2, 0.25) is 0 Å². The number of nitrogens with zero attached hydrogens (tertiary/aromatic N) is 3. The summed E-state index contributed by atoms with van der Waals surface area (Å²) in [7, 11) is 0. The fraction of sp³-hybridized carbons (Fsp3) is 0.0909. The Morgan fingerprint density at radius 3 is 2.67 bits per heavy atom. The van der Waals surface area contributed by atoms with Crippen molar-refractivity contribution in [2.24, 2.45) is 0 Å². The van der Waals surface area contributed by atoms with Crippen LogP contribution in [0.25, 0.3) is 10.9 Å². The van der Waals surface area contributed by atoms with E-state index < -0.39 is 0 Å². The van der Waals surface area contributed by atoms with Crippen LogP contribution in [-0.4, -0.2) is 26.2 Å². The van der Waals surface area contributed by atoms with Crippen molar-refractivity contribution in [2.75, 3.05) is 11.1 Å². The maximum absolute atomic E-state index is 13.1. The van der Waals surface area contributed by atoms with E-state index in [0.717, 1.165) is 10.0 Å². The van der Waals surface area contributed by atoms with Gasteiger partial charge >= 0.3 is 0 Å². The Balaban J connectivity index is 1.62. The number of fused-ring (bicyclic) bond motifs is 1. The summed E-state index contributed by atoms with van der Waals surface area (Å²) in [6, 6.07) is 18.4. The second-order valence-electron chi connectivity index (χ2n) is 6.48. The molecule has 0 bridgehead atoms. The first kappa shape index (κ1) is 20.3. The molecule has 6 nitrogen and oxygen atoms in total. The van der Waals surface area contributed by atoms with Crippen molar-refractivity contribution in [3.63, 3.8) is 0 Å². The molecule has 1 N–H and O–H groups in total. The zero-order chi connectivity index (χ0) is 20.9. The maximum Gasteiger partial charge on any atom is 0.262 e. The molecule has 150 valence electrons. The average molecular weight is 481 g/mol. The predicted molar refractivity (Wildman–Crippen MR) is 123 cm³/mol. The van der Waals surface area contributed by atoms with Gasteiger partial charge in [-0.3, -0.25) is 19.1 Å². The highest BCUT2D eigenvalue weighted by molar-refractivity contribution is 9.10. The number of hydrogen-bond acceptors (Lipinski definition) is 5. The van der Waals surface area contributed by atoms with Crippen molar-refractivity contribution in [3.8, 4) is 0 Å². The van der Waals surface area contributed by atoms with E-state index in [-0.39, 0.29) is 17.2 Å². The Morgan fingerprint density at radius 2 is 1.87 bits per heavy atom. The van der Waals surface area contributed by atoms with Gasteiger partial charge in [0.1, 0.15) is 0 Å². The van der Waals surface area contributed by atoms with Gasteiger partial charge in [0.05, 0.1) is 28.9 Å². The Hall–Kier alpha value is -2.97. The molecule has 0 unspecified atom stereocenters. The number of anilines is 1. The Bertz CT molecular complexity index is 1260. The van der Waals surface area contributed by atoms with Crippen LogP contribution in [0.5, 0.6) is 0 Å². The number of halogens is 1. The second-order valence-corrected chi connectivity index (χ2v) is 8.28. The van der Waals surface area contributed by atoms with Crippen LogP contribution in [0.1, 0.15) is 5.56 Å². The number of benzene rings is 2. The molecule has 2 aromatic carbocycles. The lowest BCUT2D eigenvalue weighted by Crippen LogP contribution is -2.25. The minimum atomic E-state index is -0.178. The summed E-state index contributed by atoms with van der Waals surface area (Å²) in [6.45, 7) is 0.332. The topological polar surface area (TPSA) is 76.9 Å². The third-order valence-corrected chi connectivity index (χ3v) is 6.04. The third-order valence-electron chi connectivity index (χ3n) is 4.37. The van der Waals surface area contributed by atoms with E-state index >= 15 is 0 Å². The molecule has 0 aliphatic rings. The van der Waals surface area contributed by atoms with Crippen LogP contribution in [0.4, 0.5) is 5.69 Å². The molecule has 0 fully saturated rings. The molecular weight excluding hydrogens is 464 g/mol. The van der Waals surface area contributed by atoms with E-state index in [1.807, 2.05) is 48.5 Å². The number of rotatable bonds is 6. The fourth-order valence-electron chi connectivity index (χ4n) is 2.95. The molecule has 0 aliphatic carbocycles. The summed E-state index contributed by atoms with van der Waals surface area (Å²) in [5.41, 5.74) is 2.05. The van der Waals surface area contributed by atoms with Crippen molar-refractivity contribution >= 4 is 50.2 Å². The number of pyridine rings is 1. The highest BCUT2D eigenvalue weighted by Gasteiger charge is 2.14. The Labute approximate surface area is 185 Å². The van der Waals surface area contributed by atoms with Crippen molar-refractivity contribution in [1.82, 2.24) is 14.5 Å². The van der Waals surface area contributed by atoms with Crippen LogP contribution in [0.15, 0.2) is 87.5 Å². The van der Waals surface area contributed by atoms with Gasteiger partial charge in [0.15, 0.2) is 5.16 Å². The van der Waals surface area contributed by atoms with Crippen molar-refractivity contribution in [3.05, 3.63) is 93.4 Å². The van der Waals surface area contributed by atoms with Gasteiger partial charge in [0, 0.05) is 16.9 Å². The molecule has 1 amide bonds. The summed E-state index contributed by atoms with van der Waals surface area (Å²) in [6.07, 6.45) is 3.41. The van der Waals surface area contributed by atoms with Gasteiger partial charge in [-0.1, -0.05) is 42.1 Å². The van der Waals surface area contributed by atoms with Gasteiger partial charge in [0.25, 0.3) is 5.56 Å². The highest BCUT2D eigenvalue weighted by atomic mass is 79.9. The van der Waals surface area contributed by atoms with Crippen LogP contribution < -0.4 is 10.9 Å². The summed E-state index contributed by atoms with van der Waals surface area (Å²) >= 11 is 4.65. The first-order chi connectivity index (χ1) is 14.6. The number of aromatic nitrogens is 3. The molecule has 2 heterocycles. The molecule has 0 atom stereocenters. The van der Waals surface area contributed by atoms with Crippen LogP contribution in [-0.2, 0) is 11.3 Å². The largest absolute Gasteiger partial charge is 0.324 e.